The van der Waals surface area contributed by atoms with Crippen molar-refractivity contribution in [3.8, 4) is 0 Å². The van der Waals surface area contributed by atoms with Crippen LogP contribution in [-0.4, -0.2) is 58.9 Å². The summed E-state index contributed by atoms with van der Waals surface area (Å²) in [5.41, 5.74) is -1.20. The molecule has 0 aromatic rings. The number of ether oxygens (including phenoxy) is 2. The van der Waals surface area contributed by atoms with Crippen molar-refractivity contribution in [2.45, 2.75) is 77.8 Å². The lowest BCUT2D eigenvalue weighted by molar-refractivity contribution is 0.0447. The van der Waals surface area contributed by atoms with Crippen LogP contribution in [-0.2, 0) is 9.47 Å². The highest BCUT2D eigenvalue weighted by Gasteiger charge is 2.18. The van der Waals surface area contributed by atoms with E-state index in [1.807, 2.05) is 0 Å². The Morgan fingerprint density at radius 1 is 0.792 bits per heavy atom. The summed E-state index contributed by atoms with van der Waals surface area (Å²) in [6.45, 7) is 10.5. The molecule has 0 aromatic heterocycles. The van der Waals surface area contributed by atoms with E-state index in [2.05, 4.69) is 10.6 Å². The zero-order valence-electron chi connectivity index (χ0n) is 15.5. The number of nitrogens with one attached hydrogen (secondary N) is 2. The second kappa shape index (κ2) is 9.68. The van der Waals surface area contributed by atoms with E-state index < -0.39 is 35.6 Å². The van der Waals surface area contributed by atoms with Gasteiger partial charge in [0.25, 0.3) is 0 Å². The standard InChI is InChI=1S/C16H32N2O6/c1-15(2,3)23-13(21)17-9-11(19)7-8-12(20)10-18-14(22)24-16(4,5)6/h11-12,19-20H,7-10H2,1-6H3,(H,17,21)(H,18,22). The number of hydrogen-bond donors (Lipinski definition) is 4. The summed E-state index contributed by atoms with van der Waals surface area (Å²) in [6, 6.07) is 0. The quantitative estimate of drug-likeness (QED) is 0.554. The molecule has 4 N–H and O–H groups in total. The van der Waals surface area contributed by atoms with Crippen LogP contribution in [0.4, 0.5) is 9.59 Å². The van der Waals surface area contributed by atoms with Gasteiger partial charge >= 0.3 is 12.2 Å². The Morgan fingerprint density at radius 2 is 1.08 bits per heavy atom. The third-order valence-electron chi connectivity index (χ3n) is 2.59. The molecule has 24 heavy (non-hydrogen) atoms. The van der Waals surface area contributed by atoms with E-state index in [0.717, 1.165) is 0 Å². The fraction of sp³-hybridized carbons (Fsp3) is 0.875. The maximum absolute atomic E-state index is 11.4. The molecule has 142 valence electrons. The topological polar surface area (TPSA) is 117 Å². The highest BCUT2D eigenvalue weighted by Crippen LogP contribution is 2.08. The van der Waals surface area contributed by atoms with Crippen molar-refractivity contribution in [3.63, 3.8) is 0 Å². The number of amides is 2. The fourth-order valence-electron chi connectivity index (χ4n) is 1.62. The normalized spacial score (nSPS) is 14.5. The SMILES string of the molecule is CC(C)(C)OC(=O)NCC(O)CCC(O)CNC(=O)OC(C)(C)C. The molecule has 0 heterocycles. The lowest BCUT2D eigenvalue weighted by atomic mass is 10.1. The summed E-state index contributed by atoms with van der Waals surface area (Å²) in [6.07, 6.45) is -2.29. The monoisotopic (exact) mass is 348 g/mol. The molecular formula is C16H32N2O6. The first-order chi connectivity index (χ1) is 10.8. The van der Waals surface area contributed by atoms with Gasteiger partial charge in [-0.05, 0) is 54.4 Å². The third kappa shape index (κ3) is 14.1. The Hall–Kier alpha value is -1.54. The van der Waals surface area contributed by atoms with Crippen LogP contribution in [0.3, 0.4) is 0 Å². The molecule has 0 aromatic carbocycles. The lowest BCUT2D eigenvalue weighted by Gasteiger charge is -2.21. The Kier molecular flexibility index (Phi) is 9.06. The molecule has 2 unspecified atom stereocenters. The molecule has 0 saturated carbocycles. The summed E-state index contributed by atoms with van der Waals surface area (Å²) in [5.74, 6) is 0. The minimum Gasteiger partial charge on any atom is -0.444 e. The largest absolute Gasteiger partial charge is 0.444 e. The molecule has 8 nitrogen and oxygen atoms in total. The van der Waals surface area contributed by atoms with Crippen LogP contribution in [0.15, 0.2) is 0 Å². The summed E-state index contributed by atoms with van der Waals surface area (Å²) in [7, 11) is 0. The summed E-state index contributed by atoms with van der Waals surface area (Å²) >= 11 is 0. The Labute approximate surface area is 143 Å². The van der Waals surface area contributed by atoms with E-state index in [1.165, 1.54) is 0 Å². The smallest absolute Gasteiger partial charge is 0.407 e. The van der Waals surface area contributed by atoms with Gasteiger partial charge in [0.2, 0.25) is 0 Å². The molecule has 0 aliphatic carbocycles. The van der Waals surface area contributed by atoms with Crippen LogP contribution in [0.25, 0.3) is 0 Å². The van der Waals surface area contributed by atoms with Gasteiger partial charge in [0.05, 0.1) is 12.2 Å². The van der Waals surface area contributed by atoms with Gasteiger partial charge in [0, 0.05) is 13.1 Å². The Morgan fingerprint density at radius 3 is 1.33 bits per heavy atom. The molecule has 2 amide bonds. The number of aliphatic hydroxyl groups is 2. The number of alkyl carbamates (subject to hydrolysis) is 2. The van der Waals surface area contributed by atoms with E-state index in [9.17, 15) is 19.8 Å². The van der Waals surface area contributed by atoms with Crippen molar-refractivity contribution in [1.29, 1.82) is 0 Å². The molecule has 0 saturated heterocycles. The molecule has 0 spiro atoms. The van der Waals surface area contributed by atoms with E-state index in [4.69, 9.17) is 9.47 Å². The van der Waals surface area contributed by atoms with Crippen molar-refractivity contribution >= 4 is 12.2 Å². The molecule has 0 aliphatic heterocycles. The van der Waals surface area contributed by atoms with Crippen LogP contribution < -0.4 is 10.6 Å². The van der Waals surface area contributed by atoms with Crippen molar-refractivity contribution in [1.82, 2.24) is 10.6 Å². The van der Waals surface area contributed by atoms with Crippen molar-refractivity contribution in [2.75, 3.05) is 13.1 Å². The van der Waals surface area contributed by atoms with E-state index >= 15 is 0 Å². The number of hydrogen-bond acceptors (Lipinski definition) is 6. The molecule has 0 radical (unpaired) electrons. The van der Waals surface area contributed by atoms with Gasteiger partial charge in [-0.15, -0.1) is 0 Å². The third-order valence-corrected chi connectivity index (χ3v) is 2.59. The molecule has 0 bridgehead atoms. The van der Waals surface area contributed by atoms with Crippen LogP contribution in [0, 0.1) is 0 Å². The predicted octanol–water partition coefficient (Wildman–Crippen LogP) is 1.54. The Bertz CT molecular complexity index is 362. The van der Waals surface area contributed by atoms with Crippen molar-refractivity contribution < 1.29 is 29.3 Å². The summed E-state index contributed by atoms with van der Waals surface area (Å²) in [4.78, 5) is 22.9. The first kappa shape index (κ1) is 22.5. The number of carbonyl (C=O) groups excluding carboxylic acids is 2. The van der Waals surface area contributed by atoms with E-state index in [0.29, 0.717) is 0 Å². The van der Waals surface area contributed by atoms with Gasteiger partial charge in [-0.3, -0.25) is 0 Å². The van der Waals surface area contributed by atoms with Gasteiger partial charge < -0.3 is 30.3 Å². The molecule has 8 heteroatoms. The second-order valence-electron chi connectivity index (χ2n) is 7.65. The van der Waals surface area contributed by atoms with Crippen LogP contribution in [0.5, 0.6) is 0 Å². The zero-order valence-corrected chi connectivity index (χ0v) is 15.5. The molecular weight excluding hydrogens is 316 g/mol. The highest BCUT2D eigenvalue weighted by atomic mass is 16.6. The molecule has 0 fully saturated rings. The maximum atomic E-state index is 11.4. The second-order valence-corrected chi connectivity index (χ2v) is 7.65. The molecule has 0 rings (SSSR count). The van der Waals surface area contributed by atoms with E-state index in [-0.39, 0.29) is 25.9 Å². The summed E-state index contributed by atoms with van der Waals surface area (Å²) < 4.78 is 10.1. The van der Waals surface area contributed by atoms with Gasteiger partial charge in [0.1, 0.15) is 11.2 Å². The lowest BCUT2D eigenvalue weighted by Crippen LogP contribution is -2.38. The molecule has 2 atom stereocenters. The van der Waals surface area contributed by atoms with Crippen molar-refractivity contribution in [3.05, 3.63) is 0 Å². The molecule has 0 aliphatic rings. The van der Waals surface area contributed by atoms with Crippen molar-refractivity contribution in [2.24, 2.45) is 0 Å². The average molecular weight is 348 g/mol. The highest BCUT2D eigenvalue weighted by molar-refractivity contribution is 5.68. The number of aliphatic hydroxyl groups excluding tert-OH is 2. The first-order valence-corrected chi connectivity index (χ1v) is 8.08. The summed E-state index contributed by atoms with van der Waals surface area (Å²) in [5, 5.41) is 24.5. The van der Waals surface area contributed by atoms with Crippen LogP contribution >= 0.6 is 0 Å². The number of rotatable bonds is 7. The Balaban J connectivity index is 3.88. The van der Waals surface area contributed by atoms with Crippen LogP contribution in [0.1, 0.15) is 54.4 Å². The van der Waals surface area contributed by atoms with Gasteiger partial charge in [-0.2, -0.15) is 0 Å². The predicted molar refractivity (Wildman–Crippen MR) is 89.7 cm³/mol. The average Bonchev–Trinajstić information content (AvgIpc) is 2.36. The number of carbonyl (C=O) groups is 2. The van der Waals surface area contributed by atoms with E-state index in [1.54, 1.807) is 41.5 Å². The fourth-order valence-corrected chi connectivity index (χ4v) is 1.62. The maximum Gasteiger partial charge on any atom is 0.407 e. The van der Waals surface area contributed by atoms with Crippen LogP contribution in [0.2, 0.25) is 0 Å². The van der Waals surface area contributed by atoms with Gasteiger partial charge in [-0.25, -0.2) is 9.59 Å². The zero-order chi connectivity index (χ0) is 19.0. The first-order valence-electron chi connectivity index (χ1n) is 8.08. The van der Waals surface area contributed by atoms with Gasteiger partial charge in [0.15, 0.2) is 0 Å². The van der Waals surface area contributed by atoms with Gasteiger partial charge in [-0.1, -0.05) is 0 Å². The minimum absolute atomic E-state index is 0.0289. The minimum atomic E-state index is -0.811.